The highest BCUT2D eigenvalue weighted by molar-refractivity contribution is 6.18. The lowest BCUT2D eigenvalue weighted by molar-refractivity contribution is -0.126. The Morgan fingerprint density at radius 1 is 1.60 bits per heavy atom. The van der Waals surface area contributed by atoms with Gasteiger partial charge in [0, 0.05) is 0 Å². The summed E-state index contributed by atoms with van der Waals surface area (Å²) < 4.78 is 5.16. The van der Waals surface area contributed by atoms with E-state index in [1.54, 1.807) is 0 Å². The van der Waals surface area contributed by atoms with E-state index in [4.69, 9.17) is 16.3 Å². The van der Waals surface area contributed by atoms with Crippen LogP contribution in [0.15, 0.2) is 0 Å². The molecule has 0 spiro atoms. The molecule has 0 aliphatic rings. The van der Waals surface area contributed by atoms with Crippen molar-refractivity contribution in [2.24, 2.45) is 0 Å². The number of rotatable bonds is 4. The molecule has 0 fully saturated rings. The van der Waals surface area contributed by atoms with Gasteiger partial charge in [-0.2, -0.15) is 0 Å². The highest BCUT2D eigenvalue weighted by Gasteiger charge is 2.16. The Labute approximate surface area is 66.5 Å². The van der Waals surface area contributed by atoms with Crippen molar-refractivity contribution in [2.75, 3.05) is 12.5 Å². The summed E-state index contributed by atoms with van der Waals surface area (Å²) in [5.74, 6) is 0.429. The van der Waals surface area contributed by atoms with Crippen LogP contribution >= 0.6 is 11.6 Å². The fraction of sp³-hybridized carbons (Fsp3) is 0.857. The van der Waals surface area contributed by atoms with Gasteiger partial charge in [0.2, 0.25) is 0 Å². The van der Waals surface area contributed by atoms with Crippen molar-refractivity contribution in [3.8, 4) is 0 Å². The number of halogens is 1. The maximum Gasteiger partial charge on any atom is 0.155 e. The van der Waals surface area contributed by atoms with Gasteiger partial charge in [-0.05, 0) is 20.8 Å². The zero-order valence-corrected chi connectivity index (χ0v) is 7.36. The maximum absolute atomic E-state index is 10.4. The monoisotopic (exact) mass is 164 g/mol. The highest BCUT2D eigenvalue weighted by atomic mass is 35.5. The molecule has 0 N–H and O–H groups in total. The van der Waals surface area contributed by atoms with Gasteiger partial charge in [0.1, 0.15) is 6.61 Å². The van der Waals surface area contributed by atoms with Crippen LogP contribution < -0.4 is 0 Å². The Hall–Kier alpha value is -0.0800. The second-order valence-electron chi connectivity index (χ2n) is 2.88. The third-order valence-corrected chi connectivity index (χ3v) is 1.63. The molecule has 0 rings (SSSR count). The minimum atomic E-state index is -0.382. The summed E-state index contributed by atoms with van der Waals surface area (Å²) >= 11 is 5.54. The minimum absolute atomic E-state index is 0.0261. The number of Topliss-reactive ketones (excluding diaryl/α,β-unsaturated/α-hetero) is 1. The van der Waals surface area contributed by atoms with E-state index in [1.807, 2.05) is 13.8 Å². The zero-order valence-electron chi connectivity index (χ0n) is 6.61. The molecule has 0 bridgehead atoms. The molecule has 0 aromatic carbocycles. The summed E-state index contributed by atoms with van der Waals surface area (Å²) in [6, 6.07) is 0. The summed E-state index contributed by atoms with van der Waals surface area (Å²) in [6.45, 7) is 5.34. The third kappa shape index (κ3) is 4.77. The number of carbonyl (C=O) groups is 1. The van der Waals surface area contributed by atoms with E-state index >= 15 is 0 Å². The molecule has 0 aromatic heterocycles. The van der Waals surface area contributed by atoms with Crippen molar-refractivity contribution < 1.29 is 9.53 Å². The molecule has 0 saturated carbocycles. The molecular formula is C7H13ClO2. The standard InChI is InChI=1S/C7H13ClO2/c1-6(9)4-10-7(2,3)5-8/h4-5H2,1-3H3. The molecule has 0 radical (unpaired) electrons. The molecule has 0 atom stereocenters. The first kappa shape index (κ1) is 9.92. The van der Waals surface area contributed by atoms with Crippen molar-refractivity contribution in [2.45, 2.75) is 26.4 Å². The summed E-state index contributed by atoms with van der Waals surface area (Å²) in [6.07, 6.45) is 0. The van der Waals surface area contributed by atoms with Crippen molar-refractivity contribution >= 4 is 17.4 Å². The number of ether oxygens (including phenoxy) is 1. The number of hydrogen-bond acceptors (Lipinski definition) is 2. The van der Waals surface area contributed by atoms with Crippen molar-refractivity contribution in [1.82, 2.24) is 0 Å². The van der Waals surface area contributed by atoms with Crippen LogP contribution in [0.4, 0.5) is 0 Å². The Bertz CT molecular complexity index is 121. The SMILES string of the molecule is CC(=O)COC(C)(C)CCl. The molecule has 2 nitrogen and oxygen atoms in total. The molecule has 0 aliphatic carbocycles. The van der Waals surface area contributed by atoms with E-state index in [2.05, 4.69) is 0 Å². The predicted molar refractivity (Wildman–Crippen MR) is 41.4 cm³/mol. The molecule has 10 heavy (non-hydrogen) atoms. The lowest BCUT2D eigenvalue weighted by Crippen LogP contribution is -2.28. The second-order valence-corrected chi connectivity index (χ2v) is 3.15. The maximum atomic E-state index is 10.4. The average molecular weight is 165 g/mol. The average Bonchev–Trinajstić information content (AvgIpc) is 1.85. The van der Waals surface area contributed by atoms with Gasteiger partial charge < -0.3 is 4.74 Å². The smallest absolute Gasteiger partial charge is 0.155 e. The van der Waals surface area contributed by atoms with E-state index in [-0.39, 0.29) is 18.0 Å². The van der Waals surface area contributed by atoms with Gasteiger partial charge in [-0.15, -0.1) is 11.6 Å². The summed E-state index contributed by atoms with van der Waals surface area (Å²) in [5.41, 5.74) is -0.382. The predicted octanol–water partition coefficient (Wildman–Crippen LogP) is 1.61. The van der Waals surface area contributed by atoms with Gasteiger partial charge in [-0.1, -0.05) is 0 Å². The summed E-state index contributed by atoms with van der Waals surface area (Å²) in [5, 5.41) is 0. The van der Waals surface area contributed by atoms with Gasteiger partial charge in [-0.3, -0.25) is 4.79 Å². The van der Waals surface area contributed by atoms with Gasteiger partial charge in [-0.25, -0.2) is 0 Å². The Morgan fingerprint density at radius 2 is 2.10 bits per heavy atom. The quantitative estimate of drug-likeness (QED) is 0.591. The molecule has 60 valence electrons. The van der Waals surface area contributed by atoms with Gasteiger partial charge in [0.15, 0.2) is 5.78 Å². The molecule has 0 aliphatic heterocycles. The lowest BCUT2D eigenvalue weighted by Gasteiger charge is -2.20. The fourth-order valence-corrected chi connectivity index (χ4v) is 0.413. The molecule has 0 aromatic rings. The van der Waals surface area contributed by atoms with E-state index < -0.39 is 0 Å². The van der Waals surface area contributed by atoms with E-state index in [1.165, 1.54) is 6.92 Å². The summed E-state index contributed by atoms with van der Waals surface area (Å²) in [7, 11) is 0. The van der Waals surface area contributed by atoms with Crippen LogP contribution in [0.2, 0.25) is 0 Å². The zero-order chi connectivity index (χ0) is 8.20. The molecule has 3 heteroatoms. The Morgan fingerprint density at radius 3 is 2.40 bits per heavy atom. The highest BCUT2D eigenvalue weighted by Crippen LogP contribution is 2.10. The van der Waals surface area contributed by atoms with Crippen LogP contribution in [0.25, 0.3) is 0 Å². The van der Waals surface area contributed by atoms with Gasteiger partial charge >= 0.3 is 0 Å². The summed E-state index contributed by atoms with van der Waals surface area (Å²) in [4.78, 5) is 10.4. The van der Waals surface area contributed by atoms with Crippen LogP contribution in [0.3, 0.4) is 0 Å². The van der Waals surface area contributed by atoms with Crippen molar-refractivity contribution in [3.05, 3.63) is 0 Å². The van der Waals surface area contributed by atoms with Crippen LogP contribution in [-0.4, -0.2) is 23.9 Å². The largest absolute Gasteiger partial charge is 0.367 e. The molecule has 0 unspecified atom stereocenters. The van der Waals surface area contributed by atoms with Crippen LogP contribution in [-0.2, 0) is 9.53 Å². The van der Waals surface area contributed by atoms with E-state index in [9.17, 15) is 4.79 Å². The molecular weight excluding hydrogens is 152 g/mol. The number of carbonyl (C=O) groups excluding carboxylic acids is 1. The normalized spacial score (nSPS) is 11.6. The number of alkyl halides is 1. The van der Waals surface area contributed by atoms with Gasteiger partial charge in [0.25, 0.3) is 0 Å². The minimum Gasteiger partial charge on any atom is -0.367 e. The van der Waals surface area contributed by atoms with E-state index in [0.717, 1.165) is 0 Å². The first-order chi connectivity index (χ1) is 4.48. The van der Waals surface area contributed by atoms with Gasteiger partial charge in [0.05, 0.1) is 11.5 Å². The Kier molecular flexibility index (Phi) is 3.91. The molecule has 0 amide bonds. The van der Waals surface area contributed by atoms with Crippen LogP contribution in [0, 0.1) is 0 Å². The first-order valence-electron chi connectivity index (χ1n) is 3.17. The second kappa shape index (κ2) is 3.94. The lowest BCUT2D eigenvalue weighted by atomic mass is 10.2. The molecule has 0 saturated heterocycles. The van der Waals surface area contributed by atoms with Crippen LogP contribution in [0.5, 0.6) is 0 Å². The topological polar surface area (TPSA) is 26.3 Å². The van der Waals surface area contributed by atoms with Crippen LogP contribution in [0.1, 0.15) is 20.8 Å². The first-order valence-corrected chi connectivity index (χ1v) is 3.71. The van der Waals surface area contributed by atoms with E-state index in [0.29, 0.717) is 5.88 Å². The molecule has 0 heterocycles. The third-order valence-electron chi connectivity index (χ3n) is 0.988. The van der Waals surface area contributed by atoms with Crippen molar-refractivity contribution in [1.29, 1.82) is 0 Å². The fourth-order valence-electron chi connectivity index (χ4n) is 0.336. The van der Waals surface area contributed by atoms with Crippen molar-refractivity contribution in [3.63, 3.8) is 0 Å². The number of hydrogen-bond donors (Lipinski definition) is 0. The Balaban J connectivity index is 3.56. The number of ketones is 1.